The predicted octanol–water partition coefficient (Wildman–Crippen LogP) is 3.73. The molecule has 2 fully saturated rings. The number of halogens is 1. The highest BCUT2D eigenvalue weighted by Crippen LogP contribution is 2.38. The van der Waals surface area contributed by atoms with Crippen LogP contribution in [0.2, 0.25) is 0 Å². The molecule has 1 amide bonds. The Labute approximate surface area is 221 Å². The normalized spacial score (nSPS) is 18.0. The zero-order chi connectivity index (χ0) is 24.3. The van der Waals surface area contributed by atoms with Gasteiger partial charge < -0.3 is 15.1 Å². The first-order valence-electron chi connectivity index (χ1n) is 12.6. The van der Waals surface area contributed by atoms with Crippen molar-refractivity contribution in [3.8, 4) is 11.1 Å². The van der Waals surface area contributed by atoms with Gasteiger partial charge in [-0.2, -0.15) is 10.2 Å². The summed E-state index contributed by atoms with van der Waals surface area (Å²) in [5.74, 6) is 0.254. The molecular formula is C27H31ClN8O. The van der Waals surface area contributed by atoms with Gasteiger partial charge in [-0.3, -0.25) is 15.0 Å². The van der Waals surface area contributed by atoms with Crippen molar-refractivity contribution in [2.75, 3.05) is 37.6 Å². The molecule has 3 N–H and O–H groups in total. The van der Waals surface area contributed by atoms with E-state index in [-0.39, 0.29) is 18.3 Å². The number of hydrogen-bond donors (Lipinski definition) is 3. The first-order chi connectivity index (χ1) is 17.8. The molecule has 0 bridgehead atoms. The van der Waals surface area contributed by atoms with Crippen molar-refractivity contribution >= 4 is 47.2 Å². The fourth-order valence-corrected chi connectivity index (χ4v) is 5.25. The molecule has 1 aromatic carbocycles. The molecule has 0 aliphatic carbocycles. The first-order valence-corrected chi connectivity index (χ1v) is 12.6. The minimum atomic E-state index is 0. The number of piperazine rings is 1. The molecule has 0 saturated carbocycles. The predicted molar refractivity (Wildman–Crippen MR) is 149 cm³/mol. The van der Waals surface area contributed by atoms with Gasteiger partial charge in [0.15, 0.2) is 5.65 Å². The lowest BCUT2D eigenvalue weighted by Gasteiger charge is -2.37. The summed E-state index contributed by atoms with van der Waals surface area (Å²) in [5, 5.41) is 19.0. The minimum absolute atomic E-state index is 0. The van der Waals surface area contributed by atoms with Gasteiger partial charge in [0, 0.05) is 62.2 Å². The van der Waals surface area contributed by atoms with E-state index in [9.17, 15) is 4.79 Å². The van der Waals surface area contributed by atoms with Gasteiger partial charge in [-0.15, -0.1) is 12.4 Å². The standard InChI is InChI=1S/C27H30N8O.ClH/c36-24(15-21-7-4-10-28-21)34-11-13-35(14-12-34)26-22(20-5-2-1-3-6-20)18-29-27-25(26)23(32-33-27)9-8-19-16-30-31-17-19;/h1-3,5-6,8-9,16-18,21,28H,4,7,10-15H2,(H,30,31)(H,29,32,33);1H/b9-8-;/t21-;/m0./s1. The zero-order valence-electron chi connectivity index (χ0n) is 20.6. The molecule has 9 nitrogen and oxygen atoms in total. The molecule has 2 aliphatic heterocycles. The van der Waals surface area contributed by atoms with Crippen LogP contribution < -0.4 is 10.2 Å². The molecule has 4 aromatic rings. The Balaban J connectivity index is 0.00000280. The fourth-order valence-electron chi connectivity index (χ4n) is 5.25. The zero-order valence-corrected chi connectivity index (χ0v) is 21.4. The lowest BCUT2D eigenvalue weighted by Crippen LogP contribution is -2.50. The minimum Gasteiger partial charge on any atom is -0.367 e. The Hall–Kier alpha value is -3.69. The van der Waals surface area contributed by atoms with E-state index in [4.69, 9.17) is 0 Å². The van der Waals surface area contributed by atoms with E-state index in [1.54, 1.807) is 6.20 Å². The van der Waals surface area contributed by atoms with E-state index >= 15 is 0 Å². The van der Waals surface area contributed by atoms with Crippen LogP contribution in [-0.2, 0) is 4.79 Å². The van der Waals surface area contributed by atoms with Crippen LogP contribution in [0.4, 0.5) is 5.69 Å². The van der Waals surface area contributed by atoms with Crippen LogP contribution in [-0.4, -0.2) is 75.0 Å². The molecule has 37 heavy (non-hydrogen) atoms. The number of anilines is 1. The Morgan fingerprint density at radius 2 is 1.92 bits per heavy atom. The number of amides is 1. The summed E-state index contributed by atoms with van der Waals surface area (Å²) in [6.07, 6.45) is 12.4. The number of nitrogens with one attached hydrogen (secondary N) is 3. The van der Waals surface area contributed by atoms with E-state index in [0.717, 1.165) is 65.9 Å². The third-order valence-electron chi connectivity index (χ3n) is 7.16. The van der Waals surface area contributed by atoms with Crippen LogP contribution in [0.5, 0.6) is 0 Å². The van der Waals surface area contributed by atoms with Crippen molar-refractivity contribution in [3.63, 3.8) is 0 Å². The number of aromatic nitrogens is 5. The van der Waals surface area contributed by atoms with Crippen molar-refractivity contribution in [3.05, 3.63) is 60.2 Å². The molecule has 192 valence electrons. The Morgan fingerprint density at radius 1 is 1.08 bits per heavy atom. The van der Waals surface area contributed by atoms with Crippen LogP contribution in [0.1, 0.15) is 30.5 Å². The number of aromatic amines is 2. The maximum Gasteiger partial charge on any atom is 0.224 e. The van der Waals surface area contributed by atoms with Crippen molar-refractivity contribution < 1.29 is 4.79 Å². The van der Waals surface area contributed by atoms with Gasteiger partial charge in [0.1, 0.15) is 0 Å². The first kappa shape index (κ1) is 25.0. The fraction of sp³-hybridized carbons (Fsp3) is 0.333. The lowest BCUT2D eigenvalue weighted by atomic mass is 10.0. The summed E-state index contributed by atoms with van der Waals surface area (Å²) in [6.45, 7) is 3.97. The summed E-state index contributed by atoms with van der Waals surface area (Å²) >= 11 is 0. The molecule has 10 heteroatoms. The van der Waals surface area contributed by atoms with Crippen molar-refractivity contribution in [2.45, 2.75) is 25.3 Å². The quantitative estimate of drug-likeness (QED) is 0.359. The summed E-state index contributed by atoms with van der Waals surface area (Å²) < 4.78 is 0. The maximum absolute atomic E-state index is 12.9. The van der Waals surface area contributed by atoms with Gasteiger partial charge in [0.25, 0.3) is 0 Å². The van der Waals surface area contributed by atoms with Gasteiger partial charge in [0.05, 0.1) is 23.0 Å². The third kappa shape index (κ3) is 5.23. The average molecular weight is 519 g/mol. The monoisotopic (exact) mass is 518 g/mol. The van der Waals surface area contributed by atoms with Crippen molar-refractivity contribution in [2.24, 2.45) is 0 Å². The second-order valence-electron chi connectivity index (χ2n) is 9.45. The lowest BCUT2D eigenvalue weighted by molar-refractivity contribution is -0.131. The molecule has 6 rings (SSSR count). The van der Waals surface area contributed by atoms with Gasteiger partial charge in [-0.05, 0) is 37.1 Å². The van der Waals surface area contributed by atoms with E-state index in [1.165, 1.54) is 0 Å². The van der Waals surface area contributed by atoms with Crippen LogP contribution in [0.25, 0.3) is 34.3 Å². The van der Waals surface area contributed by atoms with Crippen molar-refractivity contribution in [1.82, 2.24) is 35.6 Å². The number of pyridine rings is 1. The number of fused-ring (bicyclic) bond motifs is 1. The SMILES string of the molecule is Cl.O=C(C[C@@H]1CCCN1)N1CCN(c2c(-c3ccccc3)cnc3n[nH]c(/C=C\c4cn[nH]c4)c23)CC1. The number of nitrogens with zero attached hydrogens (tertiary/aromatic N) is 5. The molecule has 0 radical (unpaired) electrons. The maximum atomic E-state index is 12.9. The molecule has 0 unspecified atom stereocenters. The summed E-state index contributed by atoms with van der Waals surface area (Å²) in [6, 6.07) is 10.7. The topological polar surface area (TPSA) is 106 Å². The number of rotatable bonds is 6. The van der Waals surface area contributed by atoms with Gasteiger partial charge in [-0.1, -0.05) is 30.3 Å². The van der Waals surface area contributed by atoms with Gasteiger partial charge >= 0.3 is 0 Å². The Bertz CT molecular complexity index is 1350. The summed E-state index contributed by atoms with van der Waals surface area (Å²) in [5.41, 5.74) is 5.85. The smallest absolute Gasteiger partial charge is 0.224 e. The largest absolute Gasteiger partial charge is 0.367 e. The molecular weight excluding hydrogens is 488 g/mol. The van der Waals surface area contributed by atoms with E-state index in [1.807, 2.05) is 47.6 Å². The summed E-state index contributed by atoms with van der Waals surface area (Å²) in [7, 11) is 0. The second kappa shape index (κ2) is 11.1. The molecule has 5 heterocycles. The summed E-state index contributed by atoms with van der Waals surface area (Å²) in [4.78, 5) is 22.0. The number of carbonyl (C=O) groups excluding carboxylic acids is 1. The highest BCUT2D eigenvalue weighted by Gasteiger charge is 2.28. The van der Waals surface area contributed by atoms with Crippen molar-refractivity contribution in [1.29, 1.82) is 0 Å². The number of H-pyrrole nitrogens is 2. The highest BCUT2D eigenvalue weighted by molar-refractivity contribution is 6.03. The van der Waals surface area contributed by atoms with E-state index in [0.29, 0.717) is 31.2 Å². The third-order valence-corrected chi connectivity index (χ3v) is 7.16. The van der Waals surface area contributed by atoms with Crippen LogP contribution in [0, 0.1) is 0 Å². The number of hydrogen-bond acceptors (Lipinski definition) is 6. The Morgan fingerprint density at radius 3 is 2.65 bits per heavy atom. The molecule has 0 spiro atoms. The van der Waals surface area contributed by atoms with Gasteiger partial charge in [0.2, 0.25) is 5.91 Å². The van der Waals surface area contributed by atoms with Crippen LogP contribution in [0.3, 0.4) is 0 Å². The highest BCUT2D eigenvalue weighted by atomic mass is 35.5. The molecule has 3 aromatic heterocycles. The van der Waals surface area contributed by atoms with E-state index in [2.05, 4.69) is 47.7 Å². The average Bonchev–Trinajstić information content (AvgIpc) is 3.70. The molecule has 2 aliphatic rings. The van der Waals surface area contributed by atoms with Crippen LogP contribution >= 0.6 is 12.4 Å². The second-order valence-corrected chi connectivity index (χ2v) is 9.45. The van der Waals surface area contributed by atoms with E-state index < -0.39 is 0 Å². The number of carbonyl (C=O) groups is 1. The van der Waals surface area contributed by atoms with Crippen LogP contribution in [0.15, 0.2) is 48.9 Å². The molecule has 2 saturated heterocycles. The van der Waals surface area contributed by atoms with Gasteiger partial charge in [-0.25, -0.2) is 4.98 Å². The molecule has 1 atom stereocenters. The Kier molecular flexibility index (Phi) is 7.52. The number of benzene rings is 1.